The summed E-state index contributed by atoms with van der Waals surface area (Å²) in [6.07, 6.45) is 3.09. The normalized spacial score (nSPS) is 29.4. The van der Waals surface area contributed by atoms with Crippen molar-refractivity contribution in [3.63, 3.8) is 0 Å². The van der Waals surface area contributed by atoms with Crippen molar-refractivity contribution in [1.82, 2.24) is 8.61 Å². The molecule has 2 aliphatic heterocycles. The second-order valence-electron chi connectivity index (χ2n) is 4.46. The lowest BCUT2D eigenvalue weighted by atomic mass is 10.2. The number of ether oxygens (including phenoxy) is 1. The van der Waals surface area contributed by atoms with Crippen LogP contribution in [0, 0.1) is 0 Å². The summed E-state index contributed by atoms with van der Waals surface area (Å²) in [5, 5.41) is 0.625. The Hall–Kier alpha value is 0.310. The second-order valence-corrected chi connectivity index (χ2v) is 6.99. The zero-order valence-electron chi connectivity index (χ0n) is 9.85. The van der Waals surface area contributed by atoms with E-state index in [2.05, 4.69) is 15.9 Å². The smallest absolute Gasteiger partial charge is 0.282 e. The summed E-state index contributed by atoms with van der Waals surface area (Å²) < 4.78 is 33.5. The highest BCUT2D eigenvalue weighted by atomic mass is 79.9. The van der Waals surface area contributed by atoms with Gasteiger partial charge in [0.1, 0.15) is 0 Å². The third kappa shape index (κ3) is 3.01. The minimum absolute atomic E-state index is 0.0734. The van der Waals surface area contributed by atoms with Crippen LogP contribution in [0.15, 0.2) is 0 Å². The van der Waals surface area contributed by atoms with Crippen molar-refractivity contribution in [2.45, 2.75) is 25.3 Å². The van der Waals surface area contributed by atoms with Gasteiger partial charge in [0, 0.05) is 25.0 Å². The fraction of sp³-hybridized carbons (Fsp3) is 1.00. The summed E-state index contributed by atoms with van der Waals surface area (Å²) in [6.45, 7) is 2.77. The van der Waals surface area contributed by atoms with E-state index in [1.54, 1.807) is 8.61 Å². The van der Waals surface area contributed by atoms with Crippen molar-refractivity contribution in [2.24, 2.45) is 0 Å². The van der Waals surface area contributed by atoms with E-state index in [9.17, 15) is 8.42 Å². The molecule has 17 heavy (non-hydrogen) atoms. The molecular weight excluding hydrogens is 308 g/mol. The van der Waals surface area contributed by atoms with Gasteiger partial charge in [0.15, 0.2) is 0 Å². The monoisotopic (exact) mass is 326 g/mol. The van der Waals surface area contributed by atoms with Gasteiger partial charge in [-0.15, -0.1) is 0 Å². The molecule has 1 unspecified atom stereocenters. The van der Waals surface area contributed by atoms with Crippen LogP contribution < -0.4 is 0 Å². The van der Waals surface area contributed by atoms with Gasteiger partial charge < -0.3 is 4.74 Å². The lowest BCUT2D eigenvalue weighted by Crippen LogP contribution is -2.55. The summed E-state index contributed by atoms with van der Waals surface area (Å²) in [5.41, 5.74) is 0. The number of hydrogen-bond acceptors (Lipinski definition) is 3. The van der Waals surface area contributed by atoms with Crippen LogP contribution in [0.5, 0.6) is 0 Å². The Bertz CT molecular complexity index is 343. The third-order valence-electron chi connectivity index (χ3n) is 3.29. The first-order valence-corrected chi connectivity index (χ1v) is 8.58. The molecule has 100 valence electrons. The lowest BCUT2D eigenvalue weighted by Gasteiger charge is -2.38. The Kier molecular flexibility index (Phi) is 4.82. The van der Waals surface area contributed by atoms with Crippen LogP contribution in [0.1, 0.15) is 19.3 Å². The van der Waals surface area contributed by atoms with Gasteiger partial charge in [-0.3, -0.25) is 0 Å². The molecule has 2 heterocycles. The molecule has 0 aliphatic carbocycles. The van der Waals surface area contributed by atoms with Gasteiger partial charge in [-0.2, -0.15) is 17.0 Å². The molecule has 5 nitrogen and oxygen atoms in total. The maximum Gasteiger partial charge on any atom is 0.282 e. The number of alkyl halides is 1. The topological polar surface area (TPSA) is 49.9 Å². The molecule has 2 rings (SSSR count). The minimum Gasteiger partial charge on any atom is -0.378 e. The van der Waals surface area contributed by atoms with Gasteiger partial charge in [-0.1, -0.05) is 22.4 Å². The first-order chi connectivity index (χ1) is 8.16. The van der Waals surface area contributed by atoms with Crippen molar-refractivity contribution in [2.75, 3.05) is 38.2 Å². The van der Waals surface area contributed by atoms with Crippen LogP contribution in [0.25, 0.3) is 0 Å². The highest BCUT2D eigenvalue weighted by molar-refractivity contribution is 9.09. The summed E-state index contributed by atoms with van der Waals surface area (Å²) >= 11 is 3.36. The van der Waals surface area contributed by atoms with E-state index in [4.69, 9.17) is 4.74 Å². The molecule has 0 saturated carbocycles. The minimum atomic E-state index is -3.29. The van der Waals surface area contributed by atoms with Crippen LogP contribution in [0.4, 0.5) is 0 Å². The maximum absolute atomic E-state index is 12.5. The van der Waals surface area contributed by atoms with Crippen molar-refractivity contribution >= 4 is 26.1 Å². The molecule has 2 aliphatic rings. The molecule has 0 radical (unpaired) electrons. The highest BCUT2D eigenvalue weighted by Crippen LogP contribution is 2.21. The quantitative estimate of drug-likeness (QED) is 0.721. The van der Waals surface area contributed by atoms with Crippen LogP contribution in [-0.2, 0) is 14.9 Å². The largest absolute Gasteiger partial charge is 0.378 e. The number of nitrogens with zero attached hydrogens (tertiary/aromatic N) is 2. The maximum atomic E-state index is 12.5. The Balaban J connectivity index is 2.11. The SMILES string of the molecule is O=S(=O)(N1CCCCC1)N1CCOCC1CBr. The Morgan fingerprint density at radius 1 is 1.18 bits per heavy atom. The van der Waals surface area contributed by atoms with Crippen LogP contribution in [-0.4, -0.2) is 61.2 Å². The van der Waals surface area contributed by atoms with Crippen molar-refractivity contribution in [1.29, 1.82) is 0 Å². The number of morpholine rings is 1. The standard InChI is InChI=1S/C10H19BrN2O3S/c11-8-10-9-16-7-6-13(10)17(14,15)12-4-2-1-3-5-12/h10H,1-9H2. The first-order valence-electron chi connectivity index (χ1n) is 6.07. The molecule has 0 N–H and O–H groups in total. The van der Waals surface area contributed by atoms with E-state index in [-0.39, 0.29) is 6.04 Å². The van der Waals surface area contributed by atoms with Gasteiger partial charge in [0.25, 0.3) is 10.2 Å². The zero-order chi connectivity index (χ0) is 12.3. The Morgan fingerprint density at radius 2 is 1.88 bits per heavy atom. The zero-order valence-corrected chi connectivity index (χ0v) is 12.2. The van der Waals surface area contributed by atoms with Crippen molar-refractivity contribution in [3.8, 4) is 0 Å². The average molecular weight is 327 g/mol. The molecule has 7 heteroatoms. The van der Waals surface area contributed by atoms with Gasteiger partial charge in [0.05, 0.1) is 19.3 Å². The van der Waals surface area contributed by atoms with Crippen LogP contribution in [0.3, 0.4) is 0 Å². The molecule has 0 aromatic carbocycles. The highest BCUT2D eigenvalue weighted by Gasteiger charge is 2.36. The van der Waals surface area contributed by atoms with Gasteiger partial charge >= 0.3 is 0 Å². The summed E-state index contributed by atoms with van der Waals surface area (Å²) in [5.74, 6) is 0. The molecule has 0 aromatic heterocycles. The fourth-order valence-corrected chi connectivity index (χ4v) is 4.87. The Labute approximate surface area is 111 Å². The number of hydrogen-bond donors (Lipinski definition) is 0. The molecular formula is C10H19BrN2O3S. The third-order valence-corrected chi connectivity index (χ3v) is 6.13. The van der Waals surface area contributed by atoms with E-state index >= 15 is 0 Å². The number of piperidine rings is 1. The lowest BCUT2D eigenvalue weighted by molar-refractivity contribution is 0.0380. The summed E-state index contributed by atoms with van der Waals surface area (Å²) in [7, 11) is -3.29. The van der Waals surface area contributed by atoms with E-state index < -0.39 is 10.2 Å². The first kappa shape index (κ1) is 13.7. The molecule has 0 amide bonds. The van der Waals surface area contributed by atoms with E-state index in [0.29, 0.717) is 38.2 Å². The molecule has 0 bridgehead atoms. The predicted molar refractivity (Wildman–Crippen MR) is 69.5 cm³/mol. The van der Waals surface area contributed by atoms with E-state index in [0.717, 1.165) is 19.3 Å². The number of halogens is 1. The van der Waals surface area contributed by atoms with Crippen LogP contribution in [0.2, 0.25) is 0 Å². The Morgan fingerprint density at radius 3 is 2.53 bits per heavy atom. The van der Waals surface area contributed by atoms with Gasteiger partial charge in [-0.05, 0) is 12.8 Å². The molecule has 2 fully saturated rings. The average Bonchev–Trinajstić information content (AvgIpc) is 2.39. The van der Waals surface area contributed by atoms with E-state index in [1.165, 1.54) is 0 Å². The predicted octanol–water partition coefficient (Wildman–Crippen LogP) is 0.813. The molecule has 0 aromatic rings. The molecule has 0 spiro atoms. The van der Waals surface area contributed by atoms with Gasteiger partial charge in [-0.25, -0.2) is 0 Å². The van der Waals surface area contributed by atoms with Crippen LogP contribution >= 0.6 is 15.9 Å². The molecule has 2 saturated heterocycles. The summed E-state index contributed by atoms with van der Waals surface area (Å²) in [6, 6.07) is -0.0734. The van der Waals surface area contributed by atoms with E-state index in [1.807, 2.05) is 0 Å². The van der Waals surface area contributed by atoms with Gasteiger partial charge in [0.2, 0.25) is 0 Å². The number of rotatable bonds is 3. The fourth-order valence-electron chi connectivity index (χ4n) is 2.31. The summed E-state index contributed by atoms with van der Waals surface area (Å²) in [4.78, 5) is 0. The molecule has 1 atom stereocenters. The van der Waals surface area contributed by atoms with Crippen molar-refractivity contribution in [3.05, 3.63) is 0 Å². The van der Waals surface area contributed by atoms with Crippen molar-refractivity contribution < 1.29 is 13.2 Å². The second kappa shape index (κ2) is 5.97.